The maximum absolute atomic E-state index is 12.8. The van der Waals surface area contributed by atoms with Crippen molar-refractivity contribution in [2.75, 3.05) is 18.4 Å². The van der Waals surface area contributed by atoms with Crippen LogP contribution in [-0.2, 0) is 10.0 Å². The Hall–Kier alpha value is -2.14. The highest BCUT2D eigenvalue weighted by atomic mass is 32.2. The number of pyridine rings is 1. The Morgan fingerprint density at radius 1 is 1.17 bits per heavy atom. The largest absolute Gasteiger partial charge is 0.351 e. The predicted octanol–water partition coefficient (Wildman–Crippen LogP) is 2.64. The summed E-state index contributed by atoms with van der Waals surface area (Å²) < 4.78 is 51.3. The fourth-order valence-electron chi connectivity index (χ4n) is 4.38. The van der Waals surface area contributed by atoms with Crippen LogP contribution in [0, 0.1) is 6.92 Å². The molecule has 8 nitrogen and oxygen atoms in total. The maximum Gasteiger partial charge on any atom is 0.350 e. The molecule has 30 heavy (non-hydrogen) atoms. The lowest BCUT2D eigenvalue weighted by atomic mass is 10.1. The highest BCUT2D eigenvalue weighted by molar-refractivity contribution is 7.89. The Labute approximate surface area is 173 Å². The van der Waals surface area contributed by atoms with Gasteiger partial charge in [-0.1, -0.05) is 12.8 Å². The maximum atomic E-state index is 12.8. The van der Waals surface area contributed by atoms with Crippen LogP contribution < -0.4 is 10.9 Å². The smallest absolute Gasteiger partial charge is 0.350 e. The van der Waals surface area contributed by atoms with Crippen LogP contribution in [0.25, 0.3) is 11.0 Å². The van der Waals surface area contributed by atoms with Crippen molar-refractivity contribution in [1.82, 2.24) is 18.8 Å². The molecule has 1 saturated heterocycles. The first kappa shape index (κ1) is 21.1. The molecule has 3 heterocycles. The zero-order valence-electron chi connectivity index (χ0n) is 16.7. The van der Waals surface area contributed by atoms with E-state index in [1.807, 2.05) is 0 Å². The van der Waals surface area contributed by atoms with E-state index in [2.05, 4.69) is 15.3 Å². The second-order valence-corrected chi connectivity index (χ2v) is 9.94. The van der Waals surface area contributed by atoms with E-state index < -0.39 is 15.8 Å². The third-order valence-corrected chi connectivity index (χ3v) is 7.55. The van der Waals surface area contributed by atoms with Gasteiger partial charge in [-0.15, -0.1) is 0 Å². The van der Waals surface area contributed by atoms with E-state index in [4.69, 9.17) is 0 Å². The van der Waals surface area contributed by atoms with Crippen LogP contribution in [0.4, 0.5) is 14.7 Å². The molecular formula is C19H25F2N5O3S. The standard InChI is InChI=1S/C19H25F2N5O3S/c1-12-10-13-11-22-19(24-16(13)26(17(12)27)15-4-2-3-5-15)23-14-6-8-25(9-7-14)30(28,29)18(20)21/h10-11,14-15,18H,2-9H2,1H3,(H,22,23,24). The summed E-state index contributed by atoms with van der Waals surface area (Å²) in [6.07, 6.45) is 6.49. The molecule has 1 saturated carbocycles. The first-order chi connectivity index (χ1) is 14.3. The van der Waals surface area contributed by atoms with E-state index in [-0.39, 0.29) is 30.7 Å². The summed E-state index contributed by atoms with van der Waals surface area (Å²) in [5.74, 6) is -3.05. The van der Waals surface area contributed by atoms with Gasteiger partial charge in [-0.2, -0.15) is 18.1 Å². The Kier molecular flexibility index (Phi) is 5.75. The number of hydrogen-bond acceptors (Lipinski definition) is 6. The van der Waals surface area contributed by atoms with Crippen molar-refractivity contribution in [2.45, 2.75) is 63.3 Å². The Bertz CT molecular complexity index is 1090. The van der Waals surface area contributed by atoms with Gasteiger partial charge in [0, 0.05) is 42.3 Å². The summed E-state index contributed by atoms with van der Waals surface area (Å²) in [5, 5.41) is 3.97. The van der Waals surface area contributed by atoms with Gasteiger partial charge in [0.2, 0.25) is 5.95 Å². The topological polar surface area (TPSA) is 97.2 Å². The third-order valence-electron chi connectivity index (χ3n) is 6.01. The Balaban J connectivity index is 1.55. The first-order valence-electron chi connectivity index (χ1n) is 10.2. The summed E-state index contributed by atoms with van der Waals surface area (Å²) in [7, 11) is -4.55. The van der Waals surface area contributed by atoms with Gasteiger partial charge in [0.05, 0.1) is 0 Å². The average molecular weight is 442 g/mol. The molecule has 164 valence electrons. The number of nitrogens with one attached hydrogen (secondary N) is 1. The molecule has 2 aliphatic rings. The monoisotopic (exact) mass is 441 g/mol. The van der Waals surface area contributed by atoms with E-state index >= 15 is 0 Å². The number of alkyl halides is 2. The molecule has 2 fully saturated rings. The van der Waals surface area contributed by atoms with Crippen LogP contribution in [0.15, 0.2) is 17.1 Å². The number of halogens is 2. The lowest BCUT2D eigenvalue weighted by molar-refractivity contribution is 0.212. The molecule has 11 heteroatoms. The highest BCUT2D eigenvalue weighted by Crippen LogP contribution is 2.31. The van der Waals surface area contributed by atoms with E-state index in [1.165, 1.54) is 0 Å². The SMILES string of the molecule is Cc1cc2cnc(NC3CCN(S(=O)(=O)C(F)F)CC3)nc2n(C2CCCC2)c1=O. The summed E-state index contributed by atoms with van der Waals surface area (Å²) >= 11 is 0. The fourth-order valence-corrected chi connectivity index (χ4v) is 5.32. The predicted molar refractivity (Wildman–Crippen MR) is 109 cm³/mol. The number of fused-ring (bicyclic) bond motifs is 1. The molecule has 0 bridgehead atoms. The number of piperidine rings is 1. The number of nitrogens with zero attached hydrogens (tertiary/aromatic N) is 4. The zero-order chi connectivity index (χ0) is 21.5. The molecule has 0 unspecified atom stereocenters. The summed E-state index contributed by atoms with van der Waals surface area (Å²) in [6.45, 7) is 1.83. The van der Waals surface area contributed by atoms with Gasteiger partial charge in [-0.3, -0.25) is 9.36 Å². The van der Waals surface area contributed by atoms with Gasteiger partial charge in [0.15, 0.2) is 0 Å². The van der Waals surface area contributed by atoms with Crippen molar-refractivity contribution >= 4 is 27.0 Å². The molecule has 1 aliphatic carbocycles. The molecule has 0 spiro atoms. The molecule has 4 rings (SSSR count). The average Bonchev–Trinajstić information content (AvgIpc) is 3.24. The molecule has 0 amide bonds. The number of rotatable bonds is 5. The summed E-state index contributed by atoms with van der Waals surface area (Å²) in [6, 6.07) is 1.79. The molecule has 0 radical (unpaired) electrons. The third kappa shape index (κ3) is 3.92. The Morgan fingerprint density at radius 3 is 2.47 bits per heavy atom. The summed E-state index contributed by atoms with van der Waals surface area (Å²) in [4.78, 5) is 21.8. The molecule has 0 aromatic carbocycles. The van der Waals surface area contributed by atoms with Crippen molar-refractivity contribution in [3.05, 3.63) is 28.2 Å². The van der Waals surface area contributed by atoms with Crippen molar-refractivity contribution in [2.24, 2.45) is 0 Å². The van der Waals surface area contributed by atoms with Crippen LogP contribution in [0.1, 0.15) is 50.1 Å². The van der Waals surface area contributed by atoms with E-state index in [1.54, 1.807) is 23.8 Å². The van der Waals surface area contributed by atoms with E-state index in [0.29, 0.717) is 30.0 Å². The van der Waals surface area contributed by atoms with E-state index in [9.17, 15) is 22.0 Å². The minimum absolute atomic E-state index is 0.0178. The molecule has 1 aliphatic heterocycles. The minimum Gasteiger partial charge on any atom is -0.351 e. The normalized spacial score (nSPS) is 19.7. The number of aryl methyl sites for hydroxylation is 1. The molecule has 2 aromatic rings. The van der Waals surface area contributed by atoms with E-state index in [0.717, 1.165) is 35.4 Å². The fraction of sp³-hybridized carbons (Fsp3) is 0.632. The van der Waals surface area contributed by atoms with Crippen molar-refractivity contribution < 1.29 is 17.2 Å². The summed E-state index contributed by atoms with van der Waals surface area (Å²) in [5.41, 5.74) is 1.21. The van der Waals surface area contributed by atoms with Crippen molar-refractivity contribution in [3.8, 4) is 0 Å². The quantitative estimate of drug-likeness (QED) is 0.766. The van der Waals surface area contributed by atoms with Gasteiger partial charge in [0.25, 0.3) is 15.6 Å². The van der Waals surface area contributed by atoms with Gasteiger partial charge in [0.1, 0.15) is 5.65 Å². The van der Waals surface area contributed by atoms with Crippen LogP contribution in [0.5, 0.6) is 0 Å². The molecule has 0 atom stereocenters. The second-order valence-electron chi connectivity index (χ2n) is 8.04. The first-order valence-corrected chi connectivity index (χ1v) is 11.7. The zero-order valence-corrected chi connectivity index (χ0v) is 17.5. The number of anilines is 1. The van der Waals surface area contributed by atoms with Crippen LogP contribution in [-0.4, -0.2) is 52.1 Å². The molecule has 2 aromatic heterocycles. The van der Waals surface area contributed by atoms with Gasteiger partial charge in [-0.25, -0.2) is 13.4 Å². The number of aromatic nitrogens is 3. The second kappa shape index (κ2) is 8.18. The van der Waals surface area contributed by atoms with Crippen LogP contribution in [0.3, 0.4) is 0 Å². The molecular weight excluding hydrogens is 416 g/mol. The number of sulfonamides is 1. The van der Waals surface area contributed by atoms with Crippen LogP contribution >= 0.6 is 0 Å². The van der Waals surface area contributed by atoms with Gasteiger partial charge >= 0.3 is 5.76 Å². The lowest BCUT2D eigenvalue weighted by Gasteiger charge is -2.31. The van der Waals surface area contributed by atoms with Gasteiger partial charge < -0.3 is 5.32 Å². The van der Waals surface area contributed by atoms with Crippen LogP contribution in [0.2, 0.25) is 0 Å². The van der Waals surface area contributed by atoms with Crippen molar-refractivity contribution in [3.63, 3.8) is 0 Å². The minimum atomic E-state index is -4.55. The number of hydrogen-bond donors (Lipinski definition) is 1. The van der Waals surface area contributed by atoms with Crippen molar-refractivity contribution in [1.29, 1.82) is 0 Å². The Morgan fingerprint density at radius 2 is 1.83 bits per heavy atom. The lowest BCUT2D eigenvalue weighted by Crippen LogP contribution is -2.44. The van der Waals surface area contributed by atoms with Gasteiger partial charge in [-0.05, 0) is 38.7 Å². The molecule has 1 N–H and O–H groups in total. The highest BCUT2D eigenvalue weighted by Gasteiger charge is 2.35.